The molecule has 8 heteroatoms. The topological polar surface area (TPSA) is 93.1 Å². The Morgan fingerprint density at radius 2 is 2.03 bits per heavy atom. The van der Waals surface area contributed by atoms with E-state index in [1.54, 1.807) is 6.92 Å². The van der Waals surface area contributed by atoms with Gasteiger partial charge >= 0.3 is 0 Å². The Balaban J connectivity index is 1.66. The molecule has 30 heavy (non-hydrogen) atoms. The van der Waals surface area contributed by atoms with Crippen molar-refractivity contribution in [2.75, 3.05) is 13.4 Å². The Labute approximate surface area is 172 Å². The highest BCUT2D eigenvalue weighted by atomic mass is 19.1. The maximum absolute atomic E-state index is 17.0. The molecule has 1 heterocycles. The van der Waals surface area contributed by atoms with Gasteiger partial charge in [0, 0.05) is 16.7 Å². The van der Waals surface area contributed by atoms with E-state index in [4.69, 9.17) is 9.47 Å². The summed E-state index contributed by atoms with van der Waals surface area (Å²) in [5.74, 6) is -2.38. The van der Waals surface area contributed by atoms with Crippen LogP contribution in [0.4, 0.5) is 8.78 Å². The Bertz CT molecular complexity index is 887. The van der Waals surface area contributed by atoms with E-state index in [0.717, 1.165) is 6.08 Å². The fourth-order valence-electron chi connectivity index (χ4n) is 7.53. The lowest BCUT2D eigenvalue weighted by Gasteiger charge is -2.63. The van der Waals surface area contributed by atoms with E-state index < -0.39 is 70.5 Å². The minimum Gasteiger partial charge on any atom is -0.390 e. The number of ether oxygens (including phenoxy) is 2. The number of ketones is 2. The van der Waals surface area contributed by atoms with Gasteiger partial charge in [0.25, 0.3) is 0 Å². The molecule has 1 aliphatic heterocycles. The molecule has 2 N–H and O–H groups in total. The average molecular weight is 424 g/mol. The van der Waals surface area contributed by atoms with Crippen LogP contribution in [0.5, 0.6) is 0 Å². The molecule has 0 aromatic carbocycles. The molecule has 0 bridgehead atoms. The van der Waals surface area contributed by atoms with Gasteiger partial charge in [0.15, 0.2) is 22.8 Å². The van der Waals surface area contributed by atoms with Crippen molar-refractivity contribution in [2.24, 2.45) is 22.7 Å². The van der Waals surface area contributed by atoms with Gasteiger partial charge in [0.2, 0.25) is 0 Å². The summed E-state index contributed by atoms with van der Waals surface area (Å²) in [6.07, 6.45) is -0.0182. The van der Waals surface area contributed by atoms with E-state index in [1.165, 1.54) is 19.1 Å². The number of aliphatic hydroxyl groups is 2. The van der Waals surface area contributed by atoms with Crippen molar-refractivity contribution >= 4 is 11.6 Å². The lowest BCUT2D eigenvalue weighted by Crippen LogP contribution is -2.70. The van der Waals surface area contributed by atoms with Crippen molar-refractivity contribution in [3.63, 3.8) is 0 Å². The molecular formula is C22H26F2O6. The van der Waals surface area contributed by atoms with Crippen molar-refractivity contribution < 1.29 is 38.1 Å². The highest BCUT2D eigenvalue weighted by molar-refractivity contribution is 6.01. The van der Waals surface area contributed by atoms with Gasteiger partial charge in [-0.1, -0.05) is 13.0 Å². The molecule has 5 rings (SSSR count). The zero-order valence-electron chi connectivity index (χ0n) is 16.9. The number of carbonyl (C=O) groups is 2. The molecule has 9 atom stereocenters. The summed E-state index contributed by atoms with van der Waals surface area (Å²) < 4.78 is 43.8. The van der Waals surface area contributed by atoms with Crippen molar-refractivity contribution in [1.82, 2.24) is 0 Å². The van der Waals surface area contributed by atoms with E-state index in [0.29, 0.717) is 0 Å². The number of hydrogen-bond acceptors (Lipinski definition) is 6. The second-order valence-electron chi connectivity index (χ2n) is 9.83. The fourth-order valence-corrected chi connectivity index (χ4v) is 7.53. The van der Waals surface area contributed by atoms with Crippen LogP contribution in [0.15, 0.2) is 23.8 Å². The van der Waals surface area contributed by atoms with Crippen LogP contribution in [-0.2, 0) is 19.1 Å². The molecule has 0 aromatic rings. The van der Waals surface area contributed by atoms with Crippen LogP contribution in [0.1, 0.15) is 33.1 Å². The van der Waals surface area contributed by atoms with Crippen LogP contribution in [0.2, 0.25) is 0 Å². The number of hydrogen-bond donors (Lipinski definition) is 2. The molecule has 0 amide bonds. The molecule has 0 aromatic heterocycles. The Kier molecular flexibility index (Phi) is 4.12. The van der Waals surface area contributed by atoms with Gasteiger partial charge in [-0.25, -0.2) is 8.78 Å². The van der Waals surface area contributed by atoms with Crippen LogP contribution >= 0.6 is 0 Å². The summed E-state index contributed by atoms with van der Waals surface area (Å²) in [7, 11) is 0. The SMILES string of the molecule is C[C@]12C=CC(=O)C=C1[C@@H](F)C[C@H]1C3CC4OCO[C@@]4(C(=O)CO)[C@@]3(C)C[C@H](O)[C@@]12F. The van der Waals surface area contributed by atoms with E-state index in [2.05, 4.69) is 0 Å². The second-order valence-corrected chi connectivity index (χ2v) is 9.83. The Morgan fingerprint density at radius 1 is 1.30 bits per heavy atom. The van der Waals surface area contributed by atoms with Gasteiger partial charge in [0.1, 0.15) is 19.6 Å². The molecular weight excluding hydrogens is 398 g/mol. The molecule has 6 nitrogen and oxygen atoms in total. The normalized spacial score (nSPS) is 54.1. The fraction of sp³-hybridized carbons (Fsp3) is 0.727. The number of halogens is 2. The first-order valence-corrected chi connectivity index (χ1v) is 10.4. The number of rotatable bonds is 2. The molecule has 2 unspecified atom stereocenters. The standard InChI is InChI=1S/C22H26F2O6/c1-19-4-3-11(26)5-14(19)15(23)6-13-12-7-18-22(17(28)9-25,30-10-29-18)20(12,2)8-16(27)21(13,19)24/h3-5,12-13,15-16,18,25,27H,6-10H2,1-2H3/t12?,13-,15-,16-,18?,19-,20-,21-,22+/m0/s1. The number of allylic oxidation sites excluding steroid dienone is 4. The number of alkyl halides is 2. The predicted molar refractivity (Wildman–Crippen MR) is 99.7 cm³/mol. The highest BCUT2D eigenvalue weighted by Gasteiger charge is 2.79. The van der Waals surface area contributed by atoms with E-state index >= 15 is 8.78 Å². The first kappa shape index (κ1) is 20.4. The maximum Gasteiger partial charge on any atom is 0.193 e. The van der Waals surface area contributed by atoms with Crippen LogP contribution in [0.3, 0.4) is 0 Å². The molecule has 3 saturated carbocycles. The molecule has 164 valence electrons. The molecule has 0 radical (unpaired) electrons. The van der Waals surface area contributed by atoms with Gasteiger partial charge in [-0.2, -0.15) is 0 Å². The summed E-state index contributed by atoms with van der Waals surface area (Å²) >= 11 is 0. The molecule has 4 aliphatic carbocycles. The summed E-state index contributed by atoms with van der Waals surface area (Å²) in [6, 6.07) is 0. The van der Waals surface area contributed by atoms with E-state index in [9.17, 15) is 19.8 Å². The molecule has 0 spiro atoms. The smallest absolute Gasteiger partial charge is 0.193 e. The van der Waals surface area contributed by atoms with Gasteiger partial charge in [-0.3, -0.25) is 9.59 Å². The Morgan fingerprint density at radius 3 is 2.73 bits per heavy atom. The molecule has 5 aliphatic rings. The lowest BCUT2D eigenvalue weighted by atomic mass is 9.44. The minimum absolute atomic E-state index is 0.0586. The number of fused-ring (bicyclic) bond motifs is 7. The third-order valence-electron chi connectivity index (χ3n) is 8.90. The van der Waals surface area contributed by atoms with Crippen LogP contribution < -0.4 is 0 Å². The third kappa shape index (κ3) is 2.02. The maximum atomic E-state index is 17.0. The minimum atomic E-state index is -2.22. The van der Waals surface area contributed by atoms with Gasteiger partial charge in [-0.15, -0.1) is 0 Å². The quantitative estimate of drug-likeness (QED) is 0.700. The van der Waals surface area contributed by atoms with Gasteiger partial charge < -0.3 is 19.7 Å². The monoisotopic (exact) mass is 424 g/mol. The highest BCUT2D eigenvalue weighted by Crippen LogP contribution is 2.71. The second kappa shape index (κ2) is 6.06. The first-order valence-electron chi connectivity index (χ1n) is 10.4. The Hall–Kier alpha value is -1.48. The predicted octanol–water partition coefficient (Wildman–Crippen LogP) is 1.59. The third-order valence-corrected chi connectivity index (χ3v) is 8.90. The van der Waals surface area contributed by atoms with Crippen molar-refractivity contribution in [3.8, 4) is 0 Å². The van der Waals surface area contributed by atoms with Crippen molar-refractivity contribution in [1.29, 1.82) is 0 Å². The van der Waals surface area contributed by atoms with Crippen molar-refractivity contribution in [2.45, 2.75) is 62.8 Å². The van der Waals surface area contributed by atoms with E-state index in [-0.39, 0.29) is 31.6 Å². The number of Topliss-reactive ketones (excluding diaryl/α,β-unsaturated/α-hetero) is 1. The van der Waals surface area contributed by atoms with Crippen LogP contribution in [0, 0.1) is 22.7 Å². The van der Waals surface area contributed by atoms with Crippen LogP contribution in [0.25, 0.3) is 0 Å². The van der Waals surface area contributed by atoms with Crippen LogP contribution in [-0.4, -0.2) is 64.8 Å². The summed E-state index contributed by atoms with van der Waals surface area (Å²) in [5, 5.41) is 20.8. The molecule has 4 fully saturated rings. The number of carbonyl (C=O) groups excluding carboxylic acids is 2. The van der Waals surface area contributed by atoms with Crippen molar-refractivity contribution in [3.05, 3.63) is 23.8 Å². The first-order chi connectivity index (χ1) is 14.1. The molecule has 1 saturated heterocycles. The van der Waals surface area contributed by atoms with Gasteiger partial charge in [-0.05, 0) is 49.8 Å². The summed E-state index contributed by atoms with van der Waals surface area (Å²) in [4.78, 5) is 24.7. The largest absolute Gasteiger partial charge is 0.390 e. The number of aliphatic hydroxyl groups excluding tert-OH is 2. The lowest BCUT2D eigenvalue weighted by molar-refractivity contribution is -0.226. The van der Waals surface area contributed by atoms with E-state index in [1.807, 2.05) is 0 Å². The average Bonchev–Trinajstić information content (AvgIpc) is 3.23. The zero-order valence-corrected chi connectivity index (χ0v) is 16.9. The van der Waals surface area contributed by atoms with Gasteiger partial charge in [0.05, 0.1) is 12.2 Å². The zero-order chi connectivity index (χ0) is 21.7. The summed E-state index contributed by atoms with van der Waals surface area (Å²) in [5.41, 5.74) is -6.15. The summed E-state index contributed by atoms with van der Waals surface area (Å²) in [6.45, 7) is 2.40.